The van der Waals surface area contributed by atoms with Crippen LogP contribution >= 0.6 is 11.8 Å². The number of thioether (sulfide) groups is 1. The highest BCUT2D eigenvalue weighted by atomic mass is 32.2. The molecule has 7 heteroatoms. The molecule has 21 heavy (non-hydrogen) atoms. The lowest BCUT2D eigenvalue weighted by molar-refractivity contribution is -0.140. The quantitative estimate of drug-likeness (QED) is 0.846. The maximum Gasteiger partial charge on any atom is 0.307 e. The number of amides is 1. The molecule has 1 amide bonds. The number of nitrogens with one attached hydrogen (secondary N) is 1. The van der Waals surface area contributed by atoms with Gasteiger partial charge in [0.15, 0.2) is 0 Å². The Morgan fingerprint density at radius 3 is 2.71 bits per heavy atom. The van der Waals surface area contributed by atoms with Gasteiger partial charge in [-0.25, -0.2) is 4.99 Å². The fourth-order valence-corrected chi connectivity index (χ4v) is 2.66. The van der Waals surface area contributed by atoms with Crippen LogP contribution in [0.5, 0.6) is 5.75 Å². The van der Waals surface area contributed by atoms with Crippen molar-refractivity contribution in [1.29, 1.82) is 0 Å². The molecule has 112 valence electrons. The van der Waals surface area contributed by atoms with Crippen LogP contribution in [0.25, 0.3) is 0 Å². The summed E-state index contributed by atoms with van der Waals surface area (Å²) in [6.07, 6.45) is 0.107. The summed E-state index contributed by atoms with van der Waals surface area (Å²) in [6.45, 7) is 2.51. The summed E-state index contributed by atoms with van der Waals surface area (Å²) in [7, 11) is 1.32. The predicted octanol–water partition coefficient (Wildman–Crippen LogP) is 2.50. The van der Waals surface area contributed by atoms with Crippen LogP contribution < -0.4 is 10.1 Å². The average molecular weight is 308 g/mol. The van der Waals surface area contributed by atoms with Gasteiger partial charge in [0.05, 0.1) is 31.1 Å². The minimum absolute atomic E-state index is 0.107. The number of methoxy groups -OCH3 is 1. The van der Waals surface area contributed by atoms with E-state index in [0.29, 0.717) is 18.1 Å². The Labute approximate surface area is 126 Å². The third-order valence-corrected chi connectivity index (χ3v) is 3.75. The van der Waals surface area contributed by atoms with Crippen LogP contribution in [0, 0.1) is 0 Å². The van der Waals surface area contributed by atoms with Gasteiger partial charge in [-0.2, -0.15) is 0 Å². The number of amidine groups is 1. The summed E-state index contributed by atoms with van der Waals surface area (Å²) in [5.41, 5.74) is 0.686. The van der Waals surface area contributed by atoms with Gasteiger partial charge in [0.25, 0.3) is 5.24 Å². The fourth-order valence-electron chi connectivity index (χ4n) is 1.80. The first-order valence-corrected chi connectivity index (χ1v) is 7.36. The molecule has 0 aromatic heterocycles. The molecule has 1 heterocycles. The van der Waals surface area contributed by atoms with Gasteiger partial charge in [-0.1, -0.05) is 11.8 Å². The van der Waals surface area contributed by atoms with Crippen LogP contribution in [-0.2, 0) is 9.53 Å². The van der Waals surface area contributed by atoms with E-state index >= 15 is 0 Å². The first kappa shape index (κ1) is 15.4. The van der Waals surface area contributed by atoms with Crippen LogP contribution in [0.15, 0.2) is 29.3 Å². The van der Waals surface area contributed by atoms with E-state index < -0.39 is 0 Å². The summed E-state index contributed by atoms with van der Waals surface area (Å²) in [5, 5.41) is 2.11. The largest absolute Gasteiger partial charge is 0.494 e. The van der Waals surface area contributed by atoms with Crippen LogP contribution in [0.2, 0.25) is 0 Å². The molecule has 1 N–H and O–H groups in total. The zero-order chi connectivity index (χ0) is 15.2. The lowest BCUT2D eigenvalue weighted by atomic mass is 10.2. The summed E-state index contributed by atoms with van der Waals surface area (Å²) in [4.78, 5) is 27.2. The summed E-state index contributed by atoms with van der Waals surface area (Å²) < 4.78 is 9.98. The second-order valence-corrected chi connectivity index (χ2v) is 5.40. The second kappa shape index (κ2) is 7.12. The van der Waals surface area contributed by atoms with E-state index in [1.54, 1.807) is 12.1 Å². The Bertz CT molecular complexity index is 557. The van der Waals surface area contributed by atoms with Crippen molar-refractivity contribution in [2.75, 3.05) is 13.7 Å². The number of nitrogens with zero attached hydrogens (tertiary/aromatic N) is 1. The predicted molar refractivity (Wildman–Crippen MR) is 81.2 cm³/mol. The molecule has 0 radical (unpaired) electrons. The molecule has 0 bridgehead atoms. The number of rotatable bonds is 5. The highest BCUT2D eigenvalue weighted by Crippen LogP contribution is 2.26. The van der Waals surface area contributed by atoms with Crippen molar-refractivity contribution in [2.45, 2.75) is 18.6 Å². The highest BCUT2D eigenvalue weighted by Gasteiger charge is 2.31. The SMILES string of the molecule is CCOc1ccc(N=C2NC(=O)S[C@H]2CC(=O)OC)cc1. The lowest BCUT2D eigenvalue weighted by Crippen LogP contribution is -2.26. The first-order chi connectivity index (χ1) is 10.1. The molecule has 0 unspecified atom stereocenters. The topological polar surface area (TPSA) is 77.0 Å². The molecule has 0 saturated carbocycles. The number of ether oxygens (including phenoxy) is 2. The Morgan fingerprint density at radius 1 is 1.38 bits per heavy atom. The van der Waals surface area contributed by atoms with Gasteiger partial charge in [-0.3, -0.25) is 9.59 Å². The highest BCUT2D eigenvalue weighted by molar-refractivity contribution is 8.15. The third kappa shape index (κ3) is 4.22. The van der Waals surface area contributed by atoms with Gasteiger partial charge in [-0.15, -0.1) is 0 Å². The van der Waals surface area contributed by atoms with Crippen molar-refractivity contribution in [2.24, 2.45) is 4.99 Å². The van der Waals surface area contributed by atoms with Gasteiger partial charge in [0.1, 0.15) is 11.6 Å². The molecule has 1 fully saturated rings. The maximum atomic E-state index is 11.5. The van der Waals surface area contributed by atoms with E-state index in [-0.39, 0.29) is 22.9 Å². The van der Waals surface area contributed by atoms with Crippen LogP contribution in [0.3, 0.4) is 0 Å². The minimum Gasteiger partial charge on any atom is -0.494 e. The van der Waals surface area contributed by atoms with Gasteiger partial charge in [-0.05, 0) is 31.2 Å². The lowest BCUT2D eigenvalue weighted by Gasteiger charge is -2.07. The molecule has 0 aliphatic carbocycles. The maximum absolute atomic E-state index is 11.5. The molecule has 0 spiro atoms. The summed E-state index contributed by atoms with van der Waals surface area (Å²) in [5.74, 6) is 0.861. The van der Waals surface area contributed by atoms with Crippen molar-refractivity contribution < 1.29 is 19.1 Å². The van der Waals surface area contributed by atoms with Crippen molar-refractivity contribution in [3.63, 3.8) is 0 Å². The Kier molecular flexibility index (Phi) is 5.21. The van der Waals surface area contributed by atoms with Gasteiger partial charge in [0.2, 0.25) is 0 Å². The van der Waals surface area contributed by atoms with Crippen molar-refractivity contribution in [3.05, 3.63) is 24.3 Å². The normalized spacial score (nSPS) is 19.4. The zero-order valence-corrected chi connectivity index (χ0v) is 12.6. The van der Waals surface area contributed by atoms with E-state index in [2.05, 4.69) is 15.0 Å². The van der Waals surface area contributed by atoms with E-state index in [4.69, 9.17) is 4.74 Å². The van der Waals surface area contributed by atoms with E-state index in [9.17, 15) is 9.59 Å². The van der Waals surface area contributed by atoms with Crippen molar-refractivity contribution in [3.8, 4) is 5.75 Å². The minimum atomic E-state index is -0.372. The Hall–Kier alpha value is -2.02. The smallest absolute Gasteiger partial charge is 0.307 e. The van der Waals surface area contributed by atoms with Crippen molar-refractivity contribution in [1.82, 2.24) is 5.32 Å². The van der Waals surface area contributed by atoms with Gasteiger partial charge < -0.3 is 14.8 Å². The van der Waals surface area contributed by atoms with Crippen molar-refractivity contribution >= 4 is 34.5 Å². The summed E-state index contributed by atoms with van der Waals surface area (Å²) >= 11 is 1.04. The number of esters is 1. The number of hydrogen-bond acceptors (Lipinski definition) is 6. The molecular formula is C14H16N2O4S. The Morgan fingerprint density at radius 2 is 2.10 bits per heavy atom. The van der Waals surface area contributed by atoms with Gasteiger partial charge >= 0.3 is 5.97 Å². The fraction of sp³-hybridized carbons (Fsp3) is 0.357. The molecule has 1 aromatic rings. The standard InChI is InChI=1S/C14H16N2O4S/c1-3-20-10-6-4-9(5-7-10)15-13-11(8-12(17)19-2)21-14(18)16-13/h4-7,11H,3,8H2,1-2H3,(H,15,16,18)/t11-/m0/s1. The van der Waals surface area contributed by atoms with E-state index in [0.717, 1.165) is 17.5 Å². The molecular weight excluding hydrogens is 292 g/mol. The molecule has 1 aromatic carbocycles. The summed E-state index contributed by atoms with van der Waals surface area (Å²) in [6, 6.07) is 7.20. The number of carbonyl (C=O) groups excluding carboxylic acids is 2. The van der Waals surface area contributed by atoms with Crippen LogP contribution in [-0.4, -0.2) is 36.0 Å². The number of aliphatic imine (C=N–C) groups is 1. The number of benzene rings is 1. The Balaban J connectivity index is 2.13. The molecule has 1 aliphatic heterocycles. The van der Waals surface area contributed by atoms with Gasteiger partial charge in [0, 0.05) is 0 Å². The zero-order valence-electron chi connectivity index (χ0n) is 11.8. The van der Waals surface area contributed by atoms with E-state index in [1.807, 2.05) is 19.1 Å². The molecule has 1 atom stereocenters. The average Bonchev–Trinajstić information content (AvgIpc) is 2.81. The number of hydrogen-bond donors (Lipinski definition) is 1. The monoisotopic (exact) mass is 308 g/mol. The molecule has 2 rings (SSSR count). The third-order valence-electron chi connectivity index (χ3n) is 2.76. The molecule has 1 aliphatic rings. The molecule has 6 nitrogen and oxygen atoms in total. The second-order valence-electron chi connectivity index (χ2n) is 4.22. The van der Waals surface area contributed by atoms with Crippen LogP contribution in [0.4, 0.5) is 10.5 Å². The molecule has 1 saturated heterocycles. The van der Waals surface area contributed by atoms with Crippen LogP contribution in [0.1, 0.15) is 13.3 Å². The first-order valence-electron chi connectivity index (χ1n) is 6.48. The number of carbonyl (C=O) groups is 2. The van der Waals surface area contributed by atoms with E-state index in [1.165, 1.54) is 7.11 Å².